The summed E-state index contributed by atoms with van der Waals surface area (Å²) in [7, 11) is 0. The Morgan fingerprint density at radius 2 is 1.40 bits per heavy atom. The van der Waals surface area contributed by atoms with E-state index in [9.17, 15) is 0 Å². The van der Waals surface area contributed by atoms with Gasteiger partial charge >= 0.3 is 0 Å². The third-order valence-electron chi connectivity index (χ3n) is 2.34. The molecule has 0 amide bonds. The fourth-order valence-corrected chi connectivity index (χ4v) is 1.40. The van der Waals surface area contributed by atoms with Crippen molar-refractivity contribution in [2.45, 2.75) is 58.8 Å². The smallest absolute Gasteiger partial charge is 0.0313 e. The SMILES string of the molecule is CC=CCCC=CC=CCCCCCC. The minimum absolute atomic E-state index is 1.16. The van der Waals surface area contributed by atoms with E-state index in [0.29, 0.717) is 0 Å². The van der Waals surface area contributed by atoms with Crippen LogP contribution in [0.4, 0.5) is 0 Å². The highest BCUT2D eigenvalue weighted by Crippen LogP contribution is 2.02. The Morgan fingerprint density at radius 1 is 0.733 bits per heavy atom. The van der Waals surface area contributed by atoms with Crippen LogP contribution in [0.15, 0.2) is 36.5 Å². The lowest BCUT2D eigenvalue weighted by Gasteiger charge is -1.92. The second kappa shape index (κ2) is 13.2. The van der Waals surface area contributed by atoms with E-state index in [-0.39, 0.29) is 0 Å². The van der Waals surface area contributed by atoms with Crippen LogP contribution in [0.3, 0.4) is 0 Å². The molecule has 0 aliphatic rings. The summed E-state index contributed by atoms with van der Waals surface area (Å²) >= 11 is 0. The van der Waals surface area contributed by atoms with Crippen LogP contribution in [-0.2, 0) is 0 Å². The van der Waals surface area contributed by atoms with Gasteiger partial charge in [0.25, 0.3) is 0 Å². The van der Waals surface area contributed by atoms with E-state index in [1.807, 2.05) is 0 Å². The van der Waals surface area contributed by atoms with Crippen molar-refractivity contribution in [1.29, 1.82) is 0 Å². The van der Waals surface area contributed by atoms with Gasteiger partial charge in [-0.15, -0.1) is 0 Å². The first-order chi connectivity index (χ1) is 7.41. The van der Waals surface area contributed by atoms with Crippen LogP contribution in [0, 0.1) is 0 Å². The maximum absolute atomic E-state index is 2.28. The van der Waals surface area contributed by atoms with E-state index in [0.717, 1.165) is 12.8 Å². The standard InChI is InChI=1S/C15H26/c1-3-5-7-9-11-13-15-14-12-10-8-6-4-2/h3,5,11,13-15H,4,6-10,12H2,1-2H3. The summed E-state index contributed by atoms with van der Waals surface area (Å²) < 4.78 is 0. The molecule has 0 unspecified atom stereocenters. The summed E-state index contributed by atoms with van der Waals surface area (Å²) in [5.74, 6) is 0. The highest BCUT2D eigenvalue weighted by atomic mass is 13.9. The van der Waals surface area contributed by atoms with Gasteiger partial charge in [0, 0.05) is 0 Å². The van der Waals surface area contributed by atoms with E-state index in [1.165, 1.54) is 32.1 Å². The van der Waals surface area contributed by atoms with Gasteiger partial charge in [-0.25, -0.2) is 0 Å². The highest BCUT2D eigenvalue weighted by Gasteiger charge is 1.83. The van der Waals surface area contributed by atoms with Gasteiger partial charge in [-0.1, -0.05) is 62.6 Å². The van der Waals surface area contributed by atoms with E-state index < -0.39 is 0 Å². The molecule has 0 aliphatic carbocycles. The first-order valence-electron chi connectivity index (χ1n) is 6.34. The monoisotopic (exact) mass is 206 g/mol. The molecule has 0 aromatic heterocycles. The molecule has 0 fully saturated rings. The first-order valence-corrected chi connectivity index (χ1v) is 6.34. The summed E-state index contributed by atoms with van der Waals surface area (Å²) in [4.78, 5) is 0. The van der Waals surface area contributed by atoms with Gasteiger partial charge in [0.2, 0.25) is 0 Å². The van der Waals surface area contributed by atoms with Crippen LogP contribution in [0.5, 0.6) is 0 Å². The van der Waals surface area contributed by atoms with Crippen LogP contribution in [0.1, 0.15) is 58.8 Å². The topological polar surface area (TPSA) is 0 Å². The molecular weight excluding hydrogens is 180 g/mol. The van der Waals surface area contributed by atoms with Gasteiger partial charge in [-0.3, -0.25) is 0 Å². The Balaban J connectivity index is 3.22. The normalized spacial score (nSPS) is 12.4. The molecular formula is C15H26. The maximum Gasteiger partial charge on any atom is -0.0313 e. The molecule has 0 rings (SSSR count). The minimum Gasteiger partial charge on any atom is -0.0917 e. The molecule has 0 saturated heterocycles. The molecule has 0 heteroatoms. The van der Waals surface area contributed by atoms with Crippen molar-refractivity contribution in [3.63, 3.8) is 0 Å². The zero-order valence-corrected chi connectivity index (χ0v) is 10.4. The fourth-order valence-electron chi connectivity index (χ4n) is 1.40. The van der Waals surface area contributed by atoms with Crippen molar-refractivity contribution >= 4 is 0 Å². The Bertz CT molecular complexity index is 184. The Kier molecular flexibility index (Phi) is 12.5. The van der Waals surface area contributed by atoms with Gasteiger partial charge in [-0.05, 0) is 32.6 Å². The first kappa shape index (κ1) is 14.2. The largest absolute Gasteiger partial charge is 0.0917 e. The Morgan fingerprint density at radius 3 is 2.07 bits per heavy atom. The fraction of sp³-hybridized carbons (Fsp3) is 0.600. The zero-order chi connectivity index (χ0) is 11.2. The average Bonchev–Trinajstić information content (AvgIpc) is 2.26. The van der Waals surface area contributed by atoms with Crippen LogP contribution in [-0.4, -0.2) is 0 Å². The third kappa shape index (κ3) is 13.2. The molecule has 0 aromatic carbocycles. The number of rotatable bonds is 9. The molecule has 0 N–H and O–H groups in total. The lowest BCUT2D eigenvalue weighted by atomic mass is 10.1. The van der Waals surface area contributed by atoms with Crippen molar-refractivity contribution < 1.29 is 0 Å². The molecule has 0 heterocycles. The van der Waals surface area contributed by atoms with E-state index >= 15 is 0 Å². The summed E-state index contributed by atoms with van der Waals surface area (Å²) in [6, 6.07) is 0. The molecule has 0 aromatic rings. The predicted molar refractivity (Wildman–Crippen MR) is 71.1 cm³/mol. The number of allylic oxidation sites excluding steroid dienone is 6. The van der Waals surface area contributed by atoms with Crippen molar-refractivity contribution in [2.24, 2.45) is 0 Å². The van der Waals surface area contributed by atoms with E-state index in [1.54, 1.807) is 0 Å². The summed E-state index contributed by atoms with van der Waals surface area (Å²) in [6.45, 7) is 4.32. The van der Waals surface area contributed by atoms with Crippen LogP contribution in [0.25, 0.3) is 0 Å². The summed E-state index contributed by atoms with van der Waals surface area (Å²) in [5, 5.41) is 0. The van der Waals surface area contributed by atoms with Gasteiger partial charge < -0.3 is 0 Å². The number of unbranched alkanes of at least 4 members (excludes halogenated alkanes) is 5. The molecule has 0 atom stereocenters. The lowest BCUT2D eigenvalue weighted by molar-refractivity contribution is 0.674. The zero-order valence-electron chi connectivity index (χ0n) is 10.4. The molecule has 15 heavy (non-hydrogen) atoms. The van der Waals surface area contributed by atoms with E-state index in [2.05, 4.69) is 50.3 Å². The van der Waals surface area contributed by atoms with Gasteiger partial charge in [-0.2, -0.15) is 0 Å². The van der Waals surface area contributed by atoms with Gasteiger partial charge in [0.05, 0.1) is 0 Å². The second-order valence-electron chi connectivity index (χ2n) is 3.85. The molecule has 0 aliphatic heterocycles. The van der Waals surface area contributed by atoms with Crippen LogP contribution >= 0.6 is 0 Å². The number of hydrogen-bond donors (Lipinski definition) is 0. The predicted octanol–water partition coefficient (Wildman–Crippen LogP) is 5.43. The summed E-state index contributed by atoms with van der Waals surface area (Å²) in [5.41, 5.74) is 0. The molecule has 0 radical (unpaired) electrons. The highest BCUT2D eigenvalue weighted by molar-refractivity contribution is 5.02. The number of hydrogen-bond acceptors (Lipinski definition) is 0. The van der Waals surface area contributed by atoms with Crippen LogP contribution in [0.2, 0.25) is 0 Å². The van der Waals surface area contributed by atoms with Crippen molar-refractivity contribution in [3.05, 3.63) is 36.5 Å². The molecule has 86 valence electrons. The Hall–Kier alpha value is -0.780. The molecule has 0 saturated carbocycles. The van der Waals surface area contributed by atoms with Crippen molar-refractivity contribution in [2.75, 3.05) is 0 Å². The van der Waals surface area contributed by atoms with Crippen molar-refractivity contribution in [3.8, 4) is 0 Å². The Labute approximate surface area is 95.8 Å². The molecule has 0 spiro atoms. The third-order valence-corrected chi connectivity index (χ3v) is 2.34. The summed E-state index contributed by atoms with van der Waals surface area (Å²) in [6.07, 6.45) is 22.2. The molecule has 0 nitrogen and oxygen atoms in total. The second-order valence-corrected chi connectivity index (χ2v) is 3.85. The van der Waals surface area contributed by atoms with Crippen LogP contribution < -0.4 is 0 Å². The quantitative estimate of drug-likeness (QED) is 0.268. The van der Waals surface area contributed by atoms with Gasteiger partial charge in [0.1, 0.15) is 0 Å². The average molecular weight is 206 g/mol. The minimum atomic E-state index is 1.16. The maximum atomic E-state index is 2.28. The lowest BCUT2D eigenvalue weighted by Crippen LogP contribution is -1.73. The molecule has 0 bridgehead atoms. The van der Waals surface area contributed by atoms with E-state index in [4.69, 9.17) is 0 Å². The van der Waals surface area contributed by atoms with Gasteiger partial charge in [0.15, 0.2) is 0 Å². The van der Waals surface area contributed by atoms with Crippen molar-refractivity contribution in [1.82, 2.24) is 0 Å².